The number of carbonyl (C=O) groups is 1. The maximum absolute atomic E-state index is 12.9. The molecular formula is C57H111N2O6P. The number of allylic oxidation sites excluding steroid dienone is 5. The van der Waals surface area contributed by atoms with Gasteiger partial charge >= 0.3 is 0 Å². The van der Waals surface area contributed by atoms with Crippen LogP contribution in [0.1, 0.15) is 271 Å². The van der Waals surface area contributed by atoms with E-state index < -0.39 is 20.0 Å². The summed E-state index contributed by atoms with van der Waals surface area (Å²) in [7, 11) is 1.26. The van der Waals surface area contributed by atoms with Crippen molar-refractivity contribution in [2.24, 2.45) is 0 Å². The average Bonchev–Trinajstić information content (AvgIpc) is 3.28. The fourth-order valence-corrected chi connectivity index (χ4v) is 9.08. The molecule has 0 aromatic heterocycles. The third-order valence-electron chi connectivity index (χ3n) is 12.8. The first-order valence-electron chi connectivity index (χ1n) is 28.4. The van der Waals surface area contributed by atoms with Gasteiger partial charge in [-0.15, -0.1) is 0 Å². The number of rotatable bonds is 52. The highest BCUT2D eigenvalue weighted by atomic mass is 31.2. The molecule has 66 heavy (non-hydrogen) atoms. The maximum atomic E-state index is 12.9. The molecule has 3 atom stereocenters. The third kappa shape index (κ3) is 50.6. The first kappa shape index (κ1) is 64.7. The summed E-state index contributed by atoms with van der Waals surface area (Å²) < 4.78 is 23.3. The minimum Gasteiger partial charge on any atom is -0.756 e. The molecule has 0 spiro atoms. The summed E-state index contributed by atoms with van der Waals surface area (Å²) in [4.78, 5) is 25.5. The number of amides is 1. The second kappa shape index (κ2) is 48.7. The number of aliphatic hydroxyl groups is 1. The van der Waals surface area contributed by atoms with Gasteiger partial charge in [-0.1, -0.05) is 249 Å². The van der Waals surface area contributed by atoms with Crippen molar-refractivity contribution in [3.8, 4) is 0 Å². The number of aliphatic hydroxyl groups excluding tert-OH is 1. The van der Waals surface area contributed by atoms with Gasteiger partial charge in [0, 0.05) is 6.42 Å². The lowest BCUT2D eigenvalue weighted by molar-refractivity contribution is -0.870. The molecule has 3 unspecified atom stereocenters. The van der Waals surface area contributed by atoms with E-state index in [0.717, 1.165) is 51.4 Å². The Morgan fingerprint density at radius 2 is 0.879 bits per heavy atom. The molecule has 9 heteroatoms. The predicted octanol–water partition coefficient (Wildman–Crippen LogP) is 16.4. The first-order valence-corrected chi connectivity index (χ1v) is 29.8. The van der Waals surface area contributed by atoms with Gasteiger partial charge in [0.2, 0.25) is 5.91 Å². The number of hydrogen-bond donors (Lipinski definition) is 2. The summed E-state index contributed by atoms with van der Waals surface area (Å²) in [6.07, 6.45) is 62.1. The topological polar surface area (TPSA) is 108 Å². The molecule has 8 nitrogen and oxygen atoms in total. The van der Waals surface area contributed by atoms with E-state index >= 15 is 0 Å². The van der Waals surface area contributed by atoms with Crippen molar-refractivity contribution < 1.29 is 32.9 Å². The van der Waals surface area contributed by atoms with Crippen LogP contribution in [0, 0.1) is 0 Å². The average molecular weight is 951 g/mol. The van der Waals surface area contributed by atoms with Crippen LogP contribution in [0.25, 0.3) is 0 Å². The quantitative estimate of drug-likeness (QED) is 0.0272. The Morgan fingerprint density at radius 1 is 0.530 bits per heavy atom. The number of nitrogens with zero attached hydrogens (tertiary/aromatic N) is 1. The Hall–Kier alpha value is -1.28. The minimum atomic E-state index is -4.60. The van der Waals surface area contributed by atoms with Crippen LogP contribution in [0.4, 0.5) is 0 Å². The summed E-state index contributed by atoms with van der Waals surface area (Å²) in [5.74, 6) is -0.203. The number of likely N-dealkylation sites (N-methyl/N-ethyl adjacent to an activating group) is 1. The van der Waals surface area contributed by atoms with Gasteiger partial charge < -0.3 is 28.8 Å². The van der Waals surface area contributed by atoms with Gasteiger partial charge in [0.05, 0.1) is 39.9 Å². The predicted molar refractivity (Wildman–Crippen MR) is 284 cm³/mol. The van der Waals surface area contributed by atoms with E-state index in [4.69, 9.17) is 9.05 Å². The second-order valence-electron chi connectivity index (χ2n) is 20.6. The normalized spacial score (nSPS) is 14.2. The monoisotopic (exact) mass is 951 g/mol. The third-order valence-corrected chi connectivity index (χ3v) is 13.8. The molecule has 0 aliphatic heterocycles. The molecule has 0 saturated carbocycles. The molecule has 0 heterocycles. The van der Waals surface area contributed by atoms with Crippen LogP contribution >= 0.6 is 7.82 Å². The summed E-state index contributed by atoms with van der Waals surface area (Å²) >= 11 is 0. The fraction of sp³-hybridized carbons (Fsp3) is 0.877. The van der Waals surface area contributed by atoms with Gasteiger partial charge in [0.1, 0.15) is 13.2 Å². The van der Waals surface area contributed by atoms with Crippen molar-refractivity contribution in [1.82, 2.24) is 5.32 Å². The highest BCUT2D eigenvalue weighted by Crippen LogP contribution is 2.38. The number of hydrogen-bond acceptors (Lipinski definition) is 6. The van der Waals surface area contributed by atoms with E-state index in [0.29, 0.717) is 17.4 Å². The molecule has 0 aliphatic rings. The Morgan fingerprint density at radius 3 is 1.27 bits per heavy atom. The smallest absolute Gasteiger partial charge is 0.268 e. The molecule has 0 bridgehead atoms. The van der Waals surface area contributed by atoms with Crippen LogP contribution < -0.4 is 10.2 Å². The molecule has 0 rings (SSSR count). The Bertz CT molecular complexity index is 1170. The van der Waals surface area contributed by atoms with E-state index in [9.17, 15) is 19.4 Å². The number of phosphoric ester groups is 1. The van der Waals surface area contributed by atoms with Crippen molar-refractivity contribution in [3.05, 3.63) is 36.5 Å². The van der Waals surface area contributed by atoms with Crippen LogP contribution in [0.15, 0.2) is 36.5 Å². The zero-order valence-corrected chi connectivity index (χ0v) is 45.3. The van der Waals surface area contributed by atoms with Gasteiger partial charge in [-0.3, -0.25) is 9.36 Å². The van der Waals surface area contributed by atoms with Crippen molar-refractivity contribution >= 4 is 13.7 Å². The lowest BCUT2D eigenvalue weighted by atomic mass is 10.0. The van der Waals surface area contributed by atoms with Crippen molar-refractivity contribution in [3.63, 3.8) is 0 Å². The van der Waals surface area contributed by atoms with E-state index in [-0.39, 0.29) is 19.1 Å². The van der Waals surface area contributed by atoms with Crippen LogP contribution in [-0.4, -0.2) is 68.5 Å². The molecule has 0 aliphatic carbocycles. The standard InChI is InChI=1S/C57H111N2O6P/c1-6-8-10-12-14-16-18-20-22-24-26-27-28-29-30-31-32-33-34-36-38-40-42-44-46-48-50-56(60)55(54-65-66(62,63)64-53-52-59(3,4)5)58-57(61)51-49-47-45-43-41-39-37-35-25-23-21-19-17-15-13-11-9-7-2/h17,19,23,25,48,50,55-56,60H,6-16,18,20-22,24,26-47,49,51-54H2,1-5H3,(H-,58,61,62,63)/b19-17-,25-23-,50-48+. The summed E-state index contributed by atoms with van der Waals surface area (Å²) in [6.45, 7) is 4.65. The van der Waals surface area contributed by atoms with Crippen molar-refractivity contribution in [1.29, 1.82) is 0 Å². The van der Waals surface area contributed by atoms with E-state index in [2.05, 4.69) is 43.5 Å². The highest BCUT2D eigenvalue weighted by Gasteiger charge is 2.23. The SMILES string of the molecule is CCCCCC/C=C\C/C=C\CCCCCCCCCC(=O)NC(COP(=O)([O-])OCC[N+](C)(C)C)C(O)/C=C/CCCCCCCCCCCCCCCCCCCCCCCCCC. The second-order valence-corrected chi connectivity index (χ2v) is 22.1. The molecule has 1 amide bonds. The van der Waals surface area contributed by atoms with Gasteiger partial charge in [0.25, 0.3) is 7.82 Å². The highest BCUT2D eigenvalue weighted by molar-refractivity contribution is 7.45. The zero-order chi connectivity index (χ0) is 48.5. The lowest BCUT2D eigenvalue weighted by Crippen LogP contribution is -2.45. The Kier molecular flexibility index (Phi) is 47.8. The van der Waals surface area contributed by atoms with Gasteiger partial charge in [-0.05, 0) is 51.4 Å². The number of nitrogens with one attached hydrogen (secondary N) is 1. The summed E-state index contributed by atoms with van der Waals surface area (Å²) in [5.41, 5.74) is 0. The summed E-state index contributed by atoms with van der Waals surface area (Å²) in [6, 6.07) is -0.891. The van der Waals surface area contributed by atoms with Gasteiger partial charge in [-0.2, -0.15) is 0 Å². The number of phosphoric acid groups is 1. The van der Waals surface area contributed by atoms with Crippen molar-refractivity contribution in [2.45, 2.75) is 283 Å². The number of unbranched alkanes of at least 4 members (excludes halogenated alkanes) is 35. The van der Waals surface area contributed by atoms with E-state index in [1.165, 1.54) is 199 Å². The zero-order valence-electron chi connectivity index (χ0n) is 44.4. The number of quaternary nitrogens is 1. The largest absolute Gasteiger partial charge is 0.756 e. The molecule has 0 aromatic rings. The van der Waals surface area contributed by atoms with E-state index in [1.807, 2.05) is 27.2 Å². The lowest BCUT2D eigenvalue weighted by Gasteiger charge is -2.29. The molecule has 0 radical (unpaired) electrons. The molecule has 0 fully saturated rings. The van der Waals surface area contributed by atoms with Crippen LogP contribution in [0.2, 0.25) is 0 Å². The molecule has 0 saturated heterocycles. The Balaban J connectivity index is 4.21. The van der Waals surface area contributed by atoms with Crippen LogP contribution in [0.5, 0.6) is 0 Å². The summed E-state index contributed by atoms with van der Waals surface area (Å²) in [5, 5.41) is 13.9. The Labute approximate surface area is 410 Å². The maximum Gasteiger partial charge on any atom is 0.268 e. The minimum absolute atomic E-state index is 0.00241. The molecule has 2 N–H and O–H groups in total. The fourth-order valence-electron chi connectivity index (χ4n) is 8.36. The van der Waals surface area contributed by atoms with Gasteiger partial charge in [0.15, 0.2) is 0 Å². The van der Waals surface area contributed by atoms with Crippen molar-refractivity contribution in [2.75, 3.05) is 40.9 Å². The first-order chi connectivity index (χ1) is 32.0. The van der Waals surface area contributed by atoms with Gasteiger partial charge in [-0.25, -0.2) is 0 Å². The molecule has 0 aromatic carbocycles. The number of carbonyl (C=O) groups excluding carboxylic acids is 1. The van der Waals surface area contributed by atoms with E-state index in [1.54, 1.807) is 6.08 Å². The van der Waals surface area contributed by atoms with Crippen LogP contribution in [0.3, 0.4) is 0 Å². The molecular weight excluding hydrogens is 840 g/mol. The molecule has 390 valence electrons. The van der Waals surface area contributed by atoms with Crippen LogP contribution in [-0.2, 0) is 18.4 Å².